The Morgan fingerprint density at radius 1 is 1.26 bits per heavy atom. The van der Waals surface area contributed by atoms with E-state index in [1.54, 1.807) is 10.7 Å². The summed E-state index contributed by atoms with van der Waals surface area (Å²) >= 11 is 0. The number of benzene rings is 1. The third-order valence-corrected chi connectivity index (χ3v) is 7.28. The van der Waals surface area contributed by atoms with Gasteiger partial charge in [0.15, 0.2) is 12.6 Å². The Morgan fingerprint density at radius 2 is 1.95 bits per heavy atom. The maximum absolute atomic E-state index is 14.5. The van der Waals surface area contributed by atoms with E-state index in [4.69, 9.17) is 20.2 Å². The fraction of sp³-hybridized carbons (Fsp3) is 0.483. The number of nitrogens with zero attached hydrogens (tertiary/aromatic N) is 2. The standard InChI is InChI=1S/C22H18FN2O4.C5H11NO2.C2H6/c1-9-10-3-2-4-11-13-7-25-17(19(13)24-16(18(10)11)6-15(9)23)5-12-14(21(25)27)8-29-22(28)20(12)26;1-4(2)8-3-5(6)7;1-2/h5-6,14,20,26H,2-4,7-8H2,1H3;4H,3H2,1-2H3,(H2,6,7);1-2H3/q+1;;. The molecule has 1 aromatic carbocycles. The zero-order valence-corrected chi connectivity index (χ0v) is 23.0. The van der Waals surface area contributed by atoms with Crippen molar-refractivity contribution in [3.05, 3.63) is 51.5 Å². The Labute approximate surface area is 226 Å². The van der Waals surface area contributed by atoms with Crippen molar-refractivity contribution in [3.8, 4) is 0 Å². The minimum atomic E-state index is -1.44. The van der Waals surface area contributed by atoms with Gasteiger partial charge >= 0.3 is 11.9 Å². The molecule has 3 N–H and O–H groups in total. The second kappa shape index (κ2) is 11.3. The van der Waals surface area contributed by atoms with Crippen LogP contribution in [0.5, 0.6) is 0 Å². The van der Waals surface area contributed by atoms with Crippen LogP contribution in [0.3, 0.4) is 0 Å². The first kappa shape index (κ1) is 28.5. The lowest BCUT2D eigenvalue weighted by molar-refractivity contribution is -0.464. The second-order valence-corrected chi connectivity index (χ2v) is 9.99. The smallest absolute Gasteiger partial charge is 0.398 e. The Morgan fingerprint density at radius 3 is 2.59 bits per heavy atom. The summed E-state index contributed by atoms with van der Waals surface area (Å²) in [6.45, 7) is 9.88. The number of amides is 2. The van der Waals surface area contributed by atoms with Crippen molar-refractivity contribution in [2.24, 2.45) is 11.7 Å². The SMILES string of the molecule is CC.CC(C)OCC(N)=O.Cc1c(F)cc2nc3c(c4c2c1CCC4)C[N+]1=C3C=C2C(O)C(=O)OCC2C1=O. The van der Waals surface area contributed by atoms with Crippen molar-refractivity contribution in [2.75, 3.05) is 13.2 Å². The zero-order chi connectivity index (χ0) is 28.6. The molecule has 1 aromatic heterocycles. The van der Waals surface area contributed by atoms with Gasteiger partial charge in [-0.25, -0.2) is 19.0 Å². The number of carbonyl (C=O) groups excluding carboxylic acids is 3. The number of rotatable bonds is 3. The van der Waals surface area contributed by atoms with Gasteiger partial charge in [0.05, 0.1) is 17.2 Å². The van der Waals surface area contributed by atoms with E-state index in [0.717, 1.165) is 41.3 Å². The summed E-state index contributed by atoms with van der Waals surface area (Å²) in [6, 6.07) is 1.47. The Bertz CT molecular complexity index is 1430. The van der Waals surface area contributed by atoms with E-state index >= 15 is 0 Å². The first-order valence-electron chi connectivity index (χ1n) is 13.4. The molecule has 2 amide bonds. The number of aliphatic hydroxyl groups is 1. The average Bonchev–Trinajstić information content (AvgIpc) is 3.29. The Balaban J connectivity index is 0.000000307. The number of aliphatic hydroxyl groups excluding tert-OH is 1. The topological polar surface area (TPSA) is 132 Å². The maximum atomic E-state index is 14.5. The molecule has 1 aliphatic carbocycles. The van der Waals surface area contributed by atoms with E-state index in [0.29, 0.717) is 34.6 Å². The molecule has 1 fully saturated rings. The van der Waals surface area contributed by atoms with Gasteiger partial charge in [0, 0.05) is 17.5 Å². The Kier molecular flexibility index (Phi) is 8.27. The van der Waals surface area contributed by atoms with Crippen molar-refractivity contribution in [1.82, 2.24) is 4.98 Å². The summed E-state index contributed by atoms with van der Waals surface area (Å²) in [6.07, 6.45) is 2.95. The normalized spacial score (nSPS) is 20.7. The number of esters is 1. The Hall–Kier alpha value is -3.50. The molecule has 2 atom stereocenters. The summed E-state index contributed by atoms with van der Waals surface area (Å²) in [5.74, 6) is -2.29. The number of ether oxygens (including phenoxy) is 2. The van der Waals surface area contributed by atoms with E-state index in [2.05, 4.69) is 0 Å². The quantitative estimate of drug-likeness (QED) is 0.451. The number of primary amides is 1. The number of aryl methyl sites for hydroxylation is 2. The van der Waals surface area contributed by atoms with Gasteiger partial charge in [-0.1, -0.05) is 13.8 Å². The molecule has 208 valence electrons. The van der Waals surface area contributed by atoms with Gasteiger partial charge in [-0.3, -0.25) is 4.79 Å². The molecule has 4 heterocycles. The van der Waals surface area contributed by atoms with Crippen molar-refractivity contribution in [2.45, 2.75) is 72.6 Å². The molecule has 3 aliphatic heterocycles. The summed E-state index contributed by atoms with van der Waals surface area (Å²) in [5, 5.41) is 11.3. The second-order valence-electron chi connectivity index (χ2n) is 9.99. The van der Waals surface area contributed by atoms with E-state index in [9.17, 15) is 23.9 Å². The van der Waals surface area contributed by atoms with Crippen LogP contribution >= 0.6 is 0 Å². The van der Waals surface area contributed by atoms with Gasteiger partial charge in [-0.2, -0.15) is 4.58 Å². The van der Waals surface area contributed by atoms with Gasteiger partial charge in [0.1, 0.15) is 30.6 Å². The molecule has 9 nitrogen and oxygen atoms in total. The molecule has 0 radical (unpaired) electrons. The first-order chi connectivity index (χ1) is 18.6. The molecule has 2 unspecified atom stereocenters. The highest BCUT2D eigenvalue weighted by molar-refractivity contribution is 6.13. The van der Waals surface area contributed by atoms with Crippen LogP contribution in [0.4, 0.5) is 4.39 Å². The molecule has 1 saturated heterocycles. The third kappa shape index (κ3) is 5.10. The fourth-order valence-electron chi connectivity index (χ4n) is 5.48. The summed E-state index contributed by atoms with van der Waals surface area (Å²) in [4.78, 5) is 39.6. The average molecular weight is 541 g/mol. The molecule has 0 spiro atoms. The number of cyclic esters (lactones) is 1. The first-order valence-corrected chi connectivity index (χ1v) is 13.4. The van der Waals surface area contributed by atoms with E-state index in [1.165, 1.54) is 6.07 Å². The van der Waals surface area contributed by atoms with Crippen molar-refractivity contribution < 1.29 is 37.9 Å². The van der Waals surface area contributed by atoms with Crippen LogP contribution in [-0.2, 0) is 43.2 Å². The van der Waals surface area contributed by atoms with Crippen LogP contribution in [0.15, 0.2) is 17.7 Å². The molecule has 2 aromatic rings. The molecule has 0 saturated carbocycles. The number of nitrogens with two attached hydrogens (primary N) is 1. The van der Waals surface area contributed by atoms with Crippen LogP contribution in [-0.4, -0.2) is 63.6 Å². The van der Waals surface area contributed by atoms with Gasteiger partial charge in [-0.05, 0) is 62.3 Å². The van der Waals surface area contributed by atoms with Crippen LogP contribution < -0.4 is 5.73 Å². The number of fused-ring (bicyclic) bond motifs is 4. The van der Waals surface area contributed by atoms with Crippen LogP contribution in [0.25, 0.3) is 10.9 Å². The van der Waals surface area contributed by atoms with Crippen molar-refractivity contribution >= 4 is 34.4 Å². The molecule has 4 aliphatic rings. The highest BCUT2D eigenvalue weighted by Crippen LogP contribution is 2.39. The van der Waals surface area contributed by atoms with Crippen LogP contribution in [0.2, 0.25) is 0 Å². The molecule has 39 heavy (non-hydrogen) atoms. The number of hydrogen-bond acceptors (Lipinski definition) is 7. The summed E-state index contributed by atoms with van der Waals surface area (Å²) < 4.78 is 26.0. The number of aromatic nitrogens is 1. The largest absolute Gasteiger partial charge is 0.462 e. The number of allylic oxidation sites excluding steroid dienone is 1. The monoisotopic (exact) mass is 540 g/mol. The van der Waals surface area contributed by atoms with E-state index < -0.39 is 23.9 Å². The molecular formula is C29H35FN3O6+. The van der Waals surface area contributed by atoms with Gasteiger partial charge in [0.2, 0.25) is 11.6 Å². The third-order valence-electron chi connectivity index (χ3n) is 7.28. The molecular weight excluding hydrogens is 505 g/mol. The molecule has 10 heteroatoms. The number of carbonyl (C=O) groups is 3. The number of hydrogen-bond donors (Lipinski definition) is 2. The minimum absolute atomic E-state index is 0.0255. The fourth-order valence-corrected chi connectivity index (χ4v) is 5.48. The van der Waals surface area contributed by atoms with Crippen molar-refractivity contribution in [1.29, 1.82) is 0 Å². The lowest BCUT2D eigenvalue weighted by Gasteiger charge is -2.27. The molecule has 6 rings (SSSR count). The van der Waals surface area contributed by atoms with Crippen molar-refractivity contribution in [3.63, 3.8) is 0 Å². The van der Waals surface area contributed by atoms with Gasteiger partial charge in [-0.15, -0.1) is 0 Å². The lowest BCUT2D eigenvalue weighted by Crippen LogP contribution is -2.46. The highest BCUT2D eigenvalue weighted by Gasteiger charge is 2.50. The number of pyridine rings is 1. The number of halogens is 1. The molecule has 0 bridgehead atoms. The van der Waals surface area contributed by atoms with Crippen LogP contribution in [0, 0.1) is 18.7 Å². The highest BCUT2D eigenvalue weighted by atomic mass is 19.1. The summed E-state index contributed by atoms with van der Waals surface area (Å²) in [7, 11) is 0. The van der Waals surface area contributed by atoms with Gasteiger partial charge in [0.25, 0.3) is 0 Å². The predicted molar refractivity (Wildman–Crippen MR) is 142 cm³/mol. The van der Waals surface area contributed by atoms with Gasteiger partial charge < -0.3 is 20.3 Å². The van der Waals surface area contributed by atoms with E-state index in [-0.39, 0.29) is 31.0 Å². The lowest BCUT2D eigenvalue weighted by atomic mass is 9.84. The maximum Gasteiger partial charge on any atom is 0.398 e. The summed E-state index contributed by atoms with van der Waals surface area (Å²) in [5.41, 5.74) is 10.8. The van der Waals surface area contributed by atoms with E-state index in [1.807, 2.05) is 34.6 Å². The predicted octanol–water partition coefficient (Wildman–Crippen LogP) is 2.41. The minimum Gasteiger partial charge on any atom is -0.462 e. The van der Waals surface area contributed by atoms with Crippen LogP contribution in [0.1, 0.15) is 62.1 Å². The zero-order valence-electron chi connectivity index (χ0n) is 23.0.